The zero-order valence-corrected chi connectivity index (χ0v) is 33.0. The zero-order valence-electron chi connectivity index (χ0n) is 31.4. The number of anilines is 3. The molecule has 0 unspecified atom stereocenters. The van der Waals surface area contributed by atoms with E-state index in [1.165, 1.54) is 64.2 Å². The second-order valence-corrected chi connectivity index (χ2v) is 16.2. The maximum absolute atomic E-state index is 7.06. The highest BCUT2D eigenvalue weighted by Crippen LogP contribution is 2.48. The normalized spacial score (nSPS) is 11.5. The first-order chi connectivity index (χ1) is 28.7. The Balaban J connectivity index is 1.09. The highest BCUT2D eigenvalue weighted by atomic mass is 35.5. The largest absolute Gasteiger partial charge is 0.310 e. The molecule has 11 aromatic rings. The molecule has 0 amide bonds. The molecule has 4 heteroatoms. The Labute approximate surface area is 346 Å². The number of fused-ring (bicyclic) bond motifs is 7. The fourth-order valence-corrected chi connectivity index (χ4v) is 10.1. The van der Waals surface area contributed by atoms with Crippen LogP contribution >= 0.6 is 22.9 Å². The third-order valence-corrected chi connectivity index (χ3v) is 12.6. The summed E-state index contributed by atoms with van der Waals surface area (Å²) in [6.07, 6.45) is 0. The molecule has 0 spiro atoms. The van der Waals surface area contributed by atoms with Crippen molar-refractivity contribution in [1.82, 2.24) is 4.57 Å². The molecule has 274 valence electrons. The van der Waals surface area contributed by atoms with Gasteiger partial charge in [0.25, 0.3) is 0 Å². The number of para-hydroxylation sites is 3. The Bertz CT molecular complexity index is 3280. The minimum absolute atomic E-state index is 0.682. The van der Waals surface area contributed by atoms with Gasteiger partial charge < -0.3 is 9.47 Å². The zero-order chi connectivity index (χ0) is 38.6. The quantitative estimate of drug-likeness (QED) is 0.156. The molecular weight excluding hydrogens is 744 g/mol. The van der Waals surface area contributed by atoms with Crippen LogP contribution in [0.4, 0.5) is 17.1 Å². The summed E-state index contributed by atoms with van der Waals surface area (Å²) in [5.41, 5.74) is 13.7. The molecule has 2 heterocycles. The van der Waals surface area contributed by atoms with E-state index in [2.05, 4.69) is 222 Å². The highest BCUT2D eigenvalue weighted by molar-refractivity contribution is 7.26. The number of halogens is 1. The number of nitrogens with zero attached hydrogens (tertiary/aromatic N) is 2. The van der Waals surface area contributed by atoms with E-state index >= 15 is 0 Å². The molecule has 0 fully saturated rings. The number of rotatable bonds is 7. The summed E-state index contributed by atoms with van der Waals surface area (Å²) in [4.78, 5) is 2.28. The van der Waals surface area contributed by atoms with Gasteiger partial charge in [0.2, 0.25) is 0 Å². The summed E-state index contributed by atoms with van der Waals surface area (Å²) in [5.74, 6) is 0. The minimum atomic E-state index is 0.682. The number of benzene rings is 9. The third-order valence-electron chi connectivity index (χ3n) is 11.2. The smallest absolute Gasteiger partial charge is 0.0720 e. The molecule has 0 aliphatic carbocycles. The Morgan fingerprint density at radius 3 is 1.83 bits per heavy atom. The van der Waals surface area contributed by atoms with E-state index in [4.69, 9.17) is 11.6 Å². The predicted octanol–water partition coefficient (Wildman–Crippen LogP) is 16.3. The van der Waals surface area contributed by atoms with Gasteiger partial charge in [0.15, 0.2) is 0 Å². The number of aromatic nitrogens is 1. The Morgan fingerprint density at radius 2 is 1.03 bits per heavy atom. The number of hydrogen-bond acceptors (Lipinski definition) is 2. The van der Waals surface area contributed by atoms with Gasteiger partial charge in [-0.15, -0.1) is 11.3 Å². The summed E-state index contributed by atoms with van der Waals surface area (Å²) in [6, 6.07) is 76.0. The van der Waals surface area contributed by atoms with E-state index in [0.717, 1.165) is 33.9 Å². The van der Waals surface area contributed by atoms with Crippen LogP contribution in [0.1, 0.15) is 0 Å². The van der Waals surface area contributed by atoms with Gasteiger partial charge in [0, 0.05) is 54.0 Å². The van der Waals surface area contributed by atoms with E-state index in [9.17, 15) is 0 Å². The maximum atomic E-state index is 7.06. The van der Waals surface area contributed by atoms with Crippen molar-refractivity contribution >= 4 is 82.0 Å². The van der Waals surface area contributed by atoms with Crippen molar-refractivity contribution in [3.8, 4) is 39.1 Å². The van der Waals surface area contributed by atoms with Crippen molar-refractivity contribution in [2.75, 3.05) is 4.90 Å². The van der Waals surface area contributed by atoms with E-state index in [-0.39, 0.29) is 0 Å². The molecular formula is C54H35ClN2S. The van der Waals surface area contributed by atoms with Crippen LogP contribution in [0, 0.1) is 0 Å². The molecule has 0 aliphatic rings. The van der Waals surface area contributed by atoms with Crippen LogP contribution in [-0.2, 0) is 0 Å². The van der Waals surface area contributed by atoms with E-state index < -0.39 is 0 Å². The van der Waals surface area contributed by atoms with E-state index in [1.54, 1.807) is 0 Å². The van der Waals surface area contributed by atoms with Crippen molar-refractivity contribution in [2.24, 2.45) is 0 Å². The average Bonchev–Trinajstić information content (AvgIpc) is 3.84. The first kappa shape index (κ1) is 34.3. The van der Waals surface area contributed by atoms with E-state index in [1.807, 2.05) is 11.3 Å². The lowest BCUT2D eigenvalue weighted by atomic mass is 9.94. The fraction of sp³-hybridized carbons (Fsp3) is 0. The average molecular weight is 779 g/mol. The van der Waals surface area contributed by atoms with E-state index in [0.29, 0.717) is 5.02 Å². The highest BCUT2D eigenvalue weighted by Gasteiger charge is 2.22. The summed E-state index contributed by atoms with van der Waals surface area (Å²) in [6.45, 7) is 0. The van der Waals surface area contributed by atoms with Gasteiger partial charge in [-0.05, 0) is 112 Å². The van der Waals surface area contributed by atoms with Crippen LogP contribution in [0.5, 0.6) is 0 Å². The van der Waals surface area contributed by atoms with Gasteiger partial charge in [-0.3, -0.25) is 0 Å². The lowest BCUT2D eigenvalue weighted by molar-refractivity contribution is 1.19. The summed E-state index contributed by atoms with van der Waals surface area (Å²) in [5, 5.41) is 5.74. The van der Waals surface area contributed by atoms with Crippen LogP contribution < -0.4 is 4.90 Å². The Kier molecular flexibility index (Phi) is 8.43. The molecule has 0 N–H and O–H groups in total. The van der Waals surface area contributed by atoms with Crippen LogP contribution in [-0.4, -0.2) is 4.57 Å². The molecule has 58 heavy (non-hydrogen) atoms. The number of hydrogen-bond donors (Lipinski definition) is 0. The lowest BCUT2D eigenvalue weighted by Gasteiger charge is -2.26. The van der Waals surface area contributed by atoms with Gasteiger partial charge in [-0.1, -0.05) is 145 Å². The fourth-order valence-electron chi connectivity index (χ4n) is 8.60. The molecule has 0 aliphatic heterocycles. The third kappa shape index (κ3) is 5.87. The first-order valence-corrected chi connectivity index (χ1v) is 20.7. The monoisotopic (exact) mass is 778 g/mol. The van der Waals surface area contributed by atoms with Crippen LogP contribution in [0.3, 0.4) is 0 Å². The molecule has 0 atom stereocenters. The Hall–Kier alpha value is -6.91. The van der Waals surface area contributed by atoms with Crippen molar-refractivity contribution in [3.05, 3.63) is 217 Å². The summed E-state index contributed by atoms with van der Waals surface area (Å²) < 4.78 is 5.02. The molecule has 9 aromatic carbocycles. The topological polar surface area (TPSA) is 8.17 Å². The van der Waals surface area contributed by atoms with Gasteiger partial charge >= 0.3 is 0 Å². The molecule has 0 saturated carbocycles. The molecule has 11 rings (SSSR count). The standard InChI is InChI=1S/C54H35ClN2S/c55-41-32-40(33-45(34-41)56(42-19-6-2-7-20-42)44-29-27-37(28-30-44)36-15-4-1-5-16-36)38-17-14-18-39(31-38)48-35-49-46-23-10-12-25-50(46)57(43-21-8-3-9-22-43)53(49)54-52(48)47-24-11-13-26-51(47)58-54/h1-35H. The van der Waals surface area contributed by atoms with Crippen LogP contribution in [0.15, 0.2) is 212 Å². The first-order valence-electron chi connectivity index (χ1n) is 19.5. The van der Waals surface area contributed by atoms with Gasteiger partial charge in [-0.25, -0.2) is 0 Å². The Morgan fingerprint density at radius 1 is 0.414 bits per heavy atom. The molecule has 0 saturated heterocycles. The van der Waals surface area contributed by atoms with Crippen molar-refractivity contribution in [3.63, 3.8) is 0 Å². The molecule has 2 aromatic heterocycles. The molecule has 0 bridgehead atoms. The summed E-state index contributed by atoms with van der Waals surface area (Å²) in [7, 11) is 0. The van der Waals surface area contributed by atoms with Gasteiger partial charge in [0.05, 0.1) is 15.7 Å². The second kappa shape index (κ2) is 14.2. The molecule has 0 radical (unpaired) electrons. The minimum Gasteiger partial charge on any atom is -0.310 e. The van der Waals surface area contributed by atoms with Crippen molar-refractivity contribution in [1.29, 1.82) is 0 Å². The van der Waals surface area contributed by atoms with Crippen molar-refractivity contribution in [2.45, 2.75) is 0 Å². The second-order valence-electron chi connectivity index (χ2n) is 14.7. The van der Waals surface area contributed by atoms with Crippen molar-refractivity contribution < 1.29 is 0 Å². The maximum Gasteiger partial charge on any atom is 0.0720 e. The van der Waals surface area contributed by atoms with Gasteiger partial charge in [0.1, 0.15) is 0 Å². The van der Waals surface area contributed by atoms with Crippen LogP contribution in [0.25, 0.3) is 81.0 Å². The predicted molar refractivity (Wildman–Crippen MR) is 250 cm³/mol. The number of thiophene rings is 1. The lowest BCUT2D eigenvalue weighted by Crippen LogP contribution is -2.10. The molecule has 2 nitrogen and oxygen atoms in total. The summed E-state index contributed by atoms with van der Waals surface area (Å²) >= 11 is 8.94. The van der Waals surface area contributed by atoms with Gasteiger partial charge in [-0.2, -0.15) is 0 Å². The SMILES string of the molecule is Clc1cc(-c2cccc(-c3cc4c5ccccc5n(-c5ccccc5)c4c4sc5ccccc5c34)c2)cc(N(c2ccccc2)c2ccc(-c3ccccc3)cc2)c1. The van der Waals surface area contributed by atoms with Crippen LogP contribution in [0.2, 0.25) is 5.02 Å².